The van der Waals surface area contributed by atoms with Crippen LogP contribution in [0.5, 0.6) is 5.88 Å². The molecule has 0 aliphatic carbocycles. The summed E-state index contributed by atoms with van der Waals surface area (Å²) in [5.41, 5.74) is 2.54. The third kappa shape index (κ3) is 5.60. The fraction of sp³-hybridized carbons (Fsp3) is 0.333. The molecule has 0 spiro atoms. The lowest BCUT2D eigenvalue weighted by Gasteiger charge is -2.11. The SMILES string of the molecule is CCCCC(=S)Nc1cc(OCc2ccc(C)cc2)ncc1F. The Bertz CT molecular complexity index is 659. The number of pyridine rings is 1. The fourth-order valence-corrected chi connectivity index (χ4v) is 2.24. The summed E-state index contributed by atoms with van der Waals surface area (Å²) in [5, 5.41) is 2.93. The van der Waals surface area contributed by atoms with E-state index < -0.39 is 5.82 Å². The molecule has 3 nitrogen and oxygen atoms in total. The van der Waals surface area contributed by atoms with Gasteiger partial charge in [0, 0.05) is 6.07 Å². The number of unbranched alkanes of at least 4 members (excludes halogenated alkanes) is 1. The van der Waals surface area contributed by atoms with E-state index in [1.54, 1.807) is 6.07 Å². The van der Waals surface area contributed by atoms with Crippen molar-refractivity contribution in [1.82, 2.24) is 4.98 Å². The number of anilines is 1. The van der Waals surface area contributed by atoms with Gasteiger partial charge in [-0.15, -0.1) is 0 Å². The van der Waals surface area contributed by atoms with E-state index in [1.165, 1.54) is 5.56 Å². The predicted molar refractivity (Wildman–Crippen MR) is 95.5 cm³/mol. The zero-order valence-electron chi connectivity index (χ0n) is 13.4. The van der Waals surface area contributed by atoms with Gasteiger partial charge in [0.1, 0.15) is 6.61 Å². The van der Waals surface area contributed by atoms with Crippen molar-refractivity contribution < 1.29 is 9.13 Å². The molecule has 0 fully saturated rings. The molecule has 2 rings (SSSR count). The van der Waals surface area contributed by atoms with Crippen LogP contribution in [0.15, 0.2) is 36.5 Å². The molecule has 0 unspecified atom stereocenters. The van der Waals surface area contributed by atoms with Crippen LogP contribution in [0.2, 0.25) is 0 Å². The molecule has 1 aromatic carbocycles. The Balaban J connectivity index is 1.98. The Morgan fingerprint density at radius 2 is 2.04 bits per heavy atom. The molecule has 0 radical (unpaired) electrons. The molecule has 2 aromatic rings. The van der Waals surface area contributed by atoms with E-state index in [0.717, 1.165) is 31.0 Å². The molecule has 0 aliphatic rings. The average Bonchev–Trinajstić information content (AvgIpc) is 2.55. The molecule has 122 valence electrons. The standard InChI is InChI=1S/C18H21FN2OS/c1-3-4-5-18(23)21-16-10-17(20-11-15(16)19)22-12-14-8-6-13(2)7-9-14/h6-11H,3-5,12H2,1-2H3,(H,20,21,23). The maximum atomic E-state index is 13.8. The van der Waals surface area contributed by atoms with E-state index in [4.69, 9.17) is 17.0 Å². The van der Waals surface area contributed by atoms with Gasteiger partial charge in [0.2, 0.25) is 5.88 Å². The van der Waals surface area contributed by atoms with Crippen LogP contribution in [0.25, 0.3) is 0 Å². The van der Waals surface area contributed by atoms with Crippen LogP contribution in [-0.4, -0.2) is 9.97 Å². The number of thiocarbonyl (C=S) groups is 1. The lowest BCUT2D eigenvalue weighted by Crippen LogP contribution is -2.10. The van der Waals surface area contributed by atoms with Gasteiger partial charge in [-0.1, -0.05) is 55.4 Å². The molecule has 0 saturated heterocycles. The smallest absolute Gasteiger partial charge is 0.215 e. The Hall–Kier alpha value is -2.01. The minimum absolute atomic E-state index is 0.306. The van der Waals surface area contributed by atoms with Gasteiger partial charge < -0.3 is 10.1 Å². The highest BCUT2D eigenvalue weighted by atomic mass is 32.1. The van der Waals surface area contributed by atoms with Crippen molar-refractivity contribution in [2.45, 2.75) is 39.7 Å². The summed E-state index contributed by atoms with van der Waals surface area (Å²) in [6.45, 7) is 4.51. The lowest BCUT2D eigenvalue weighted by molar-refractivity contribution is 0.293. The largest absolute Gasteiger partial charge is 0.473 e. The first-order valence-corrected chi connectivity index (χ1v) is 8.13. The van der Waals surface area contributed by atoms with Crippen molar-refractivity contribution in [2.24, 2.45) is 0 Å². The molecule has 5 heteroatoms. The summed E-state index contributed by atoms with van der Waals surface area (Å²) in [7, 11) is 0. The molecule has 0 bridgehead atoms. The third-order valence-electron chi connectivity index (χ3n) is 3.37. The minimum Gasteiger partial charge on any atom is -0.473 e. The topological polar surface area (TPSA) is 34.1 Å². The van der Waals surface area contributed by atoms with Crippen molar-refractivity contribution in [1.29, 1.82) is 0 Å². The van der Waals surface area contributed by atoms with Crippen LogP contribution >= 0.6 is 12.2 Å². The van der Waals surface area contributed by atoms with Gasteiger partial charge in [0.05, 0.1) is 16.9 Å². The van der Waals surface area contributed by atoms with Gasteiger partial charge in [-0.25, -0.2) is 9.37 Å². The Kier molecular flexibility index (Phi) is 6.47. The first-order valence-electron chi connectivity index (χ1n) is 7.72. The molecule has 0 amide bonds. The average molecular weight is 332 g/mol. The quantitative estimate of drug-likeness (QED) is 0.721. The van der Waals surface area contributed by atoms with E-state index in [0.29, 0.717) is 23.2 Å². The Morgan fingerprint density at radius 1 is 1.30 bits per heavy atom. The number of hydrogen-bond donors (Lipinski definition) is 1. The monoisotopic (exact) mass is 332 g/mol. The summed E-state index contributed by atoms with van der Waals surface area (Å²) in [6.07, 6.45) is 3.92. The van der Waals surface area contributed by atoms with Gasteiger partial charge in [0.25, 0.3) is 0 Å². The van der Waals surface area contributed by atoms with Crippen molar-refractivity contribution >= 4 is 22.9 Å². The molecule has 1 N–H and O–H groups in total. The van der Waals surface area contributed by atoms with E-state index >= 15 is 0 Å². The van der Waals surface area contributed by atoms with E-state index in [2.05, 4.69) is 17.2 Å². The zero-order valence-corrected chi connectivity index (χ0v) is 14.3. The molecule has 0 atom stereocenters. The van der Waals surface area contributed by atoms with E-state index in [9.17, 15) is 4.39 Å². The second-order valence-corrected chi connectivity index (χ2v) is 5.92. The highest BCUT2D eigenvalue weighted by Crippen LogP contribution is 2.20. The molecule has 1 heterocycles. The lowest BCUT2D eigenvalue weighted by atomic mass is 10.2. The Morgan fingerprint density at radius 3 is 2.74 bits per heavy atom. The summed E-state index contributed by atoms with van der Waals surface area (Å²) in [5.74, 6) is -0.0701. The molecular formula is C18H21FN2OS. The van der Waals surface area contributed by atoms with Crippen LogP contribution in [0.4, 0.5) is 10.1 Å². The van der Waals surface area contributed by atoms with Crippen molar-refractivity contribution in [2.75, 3.05) is 5.32 Å². The molecule has 23 heavy (non-hydrogen) atoms. The van der Waals surface area contributed by atoms with E-state index in [-0.39, 0.29) is 0 Å². The van der Waals surface area contributed by atoms with E-state index in [1.807, 2.05) is 31.2 Å². The number of rotatable bonds is 7. The van der Waals surface area contributed by atoms with Crippen LogP contribution in [0.3, 0.4) is 0 Å². The van der Waals surface area contributed by atoms with Crippen molar-refractivity contribution in [3.05, 3.63) is 53.5 Å². The predicted octanol–water partition coefficient (Wildman–Crippen LogP) is 5.04. The fourth-order valence-electron chi connectivity index (χ4n) is 1.99. The molecule has 1 aromatic heterocycles. The number of aryl methyl sites for hydroxylation is 1. The summed E-state index contributed by atoms with van der Waals surface area (Å²) in [6, 6.07) is 9.59. The number of hydrogen-bond acceptors (Lipinski definition) is 3. The number of nitrogens with one attached hydrogen (secondary N) is 1. The van der Waals surface area contributed by atoms with Crippen molar-refractivity contribution in [3.8, 4) is 5.88 Å². The van der Waals surface area contributed by atoms with Gasteiger partial charge in [-0.3, -0.25) is 0 Å². The first kappa shape index (κ1) is 17.3. The molecular weight excluding hydrogens is 311 g/mol. The summed E-state index contributed by atoms with van der Waals surface area (Å²) >= 11 is 5.22. The van der Waals surface area contributed by atoms with Gasteiger partial charge >= 0.3 is 0 Å². The number of ether oxygens (including phenoxy) is 1. The number of aromatic nitrogens is 1. The third-order valence-corrected chi connectivity index (χ3v) is 3.68. The number of halogens is 1. The van der Waals surface area contributed by atoms with Gasteiger partial charge in [0.15, 0.2) is 5.82 Å². The second-order valence-electron chi connectivity index (χ2n) is 5.43. The highest BCUT2D eigenvalue weighted by Gasteiger charge is 2.08. The van der Waals surface area contributed by atoms with Crippen LogP contribution < -0.4 is 10.1 Å². The molecule has 0 aliphatic heterocycles. The first-order chi connectivity index (χ1) is 11.1. The number of nitrogens with zero attached hydrogens (tertiary/aromatic N) is 1. The van der Waals surface area contributed by atoms with Gasteiger partial charge in [-0.05, 0) is 25.3 Å². The molecule has 0 saturated carbocycles. The van der Waals surface area contributed by atoms with Crippen molar-refractivity contribution in [3.63, 3.8) is 0 Å². The maximum Gasteiger partial charge on any atom is 0.215 e. The zero-order chi connectivity index (χ0) is 16.7. The minimum atomic E-state index is -0.438. The van der Waals surface area contributed by atoms with Crippen LogP contribution in [0, 0.1) is 12.7 Å². The highest BCUT2D eigenvalue weighted by molar-refractivity contribution is 7.80. The summed E-state index contributed by atoms with van der Waals surface area (Å²) < 4.78 is 19.4. The number of benzene rings is 1. The van der Waals surface area contributed by atoms with Crippen LogP contribution in [0.1, 0.15) is 37.3 Å². The maximum absolute atomic E-state index is 13.8. The Labute approximate surface area is 141 Å². The van der Waals surface area contributed by atoms with Crippen LogP contribution in [-0.2, 0) is 6.61 Å². The second kappa shape index (κ2) is 8.58. The van der Waals surface area contributed by atoms with Gasteiger partial charge in [-0.2, -0.15) is 0 Å². The normalized spacial score (nSPS) is 10.4. The summed E-state index contributed by atoms with van der Waals surface area (Å²) in [4.78, 5) is 4.59.